The van der Waals surface area contributed by atoms with E-state index in [-0.39, 0.29) is 17.8 Å². The molecule has 1 unspecified atom stereocenters. The molecule has 2 aromatic rings. The number of fused-ring (bicyclic) bond motifs is 1. The molecule has 1 amide bonds. The van der Waals surface area contributed by atoms with Crippen molar-refractivity contribution in [1.82, 2.24) is 0 Å². The summed E-state index contributed by atoms with van der Waals surface area (Å²) in [5.74, 6) is -1.23. The summed E-state index contributed by atoms with van der Waals surface area (Å²) in [6, 6.07) is 10.9. The Bertz CT molecular complexity index is 898. The second-order valence-corrected chi connectivity index (χ2v) is 6.74. The Balaban J connectivity index is 1.90. The van der Waals surface area contributed by atoms with Crippen LogP contribution in [0.3, 0.4) is 0 Å². The second-order valence-electron chi connectivity index (χ2n) is 5.83. The summed E-state index contributed by atoms with van der Waals surface area (Å²) < 4.78 is 6.12. The molecule has 0 aliphatic carbocycles. The lowest BCUT2D eigenvalue weighted by Gasteiger charge is -2.33. The van der Waals surface area contributed by atoms with Crippen LogP contribution in [0.1, 0.15) is 22.8 Å². The summed E-state index contributed by atoms with van der Waals surface area (Å²) in [5, 5.41) is 13.6. The number of benzene rings is 2. The fraction of sp³-hybridized carbons (Fsp3) is 0.176. The number of anilines is 1. The van der Waals surface area contributed by atoms with Crippen molar-refractivity contribution in [3.63, 3.8) is 0 Å². The second kappa shape index (κ2) is 6.29. The molecule has 0 saturated carbocycles. The fourth-order valence-electron chi connectivity index (χ4n) is 2.69. The molecule has 0 bridgehead atoms. The Kier molecular flexibility index (Phi) is 4.30. The predicted molar refractivity (Wildman–Crippen MR) is 93.4 cm³/mol. The molecule has 0 fully saturated rings. The molecule has 7 nitrogen and oxygen atoms in total. The van der Waals surface area contributed by atoms with Gasteiger partial charge in [0.05, 0.1) is 10.5 Å². The first-order valence-electron chi connectivity index (χ1n) is 7.37. The van der Waals surface area contributed by atoms with Gasteiger partial charge in [-0.2, -0.15) is 0 Å². The van der Waals surface area contributed by atoms with Gasteiger partial charge in [-0.3, -0.25) is 14.9 Å². The lowest BCUT2D eigenvalue weighted by Crippen LogP contribution is -2.49. The maximum atomic E-state index is 12.7. The summed E-state index contributed by atoms with van der Waals surface area (Å²) >= 11 is 3.34. The number of amides is 1. The predicted octanol–water partition coefficient (Wildman–Crippen LogP) is 3.47. The summed E-state index contributed by atoms with van der Waals surface area (Å²) in [6.07, 6.45) is 0.167. The summed E-state index contributed by atoms with van der Waals surface area (Å²) in [7, 11) is 0. The maximum absolute atomic E-state index is 12.7. The number of nitrogens with zero attached hydrogens (tertiary/aromatic N) is 1. The van der Waals surface area contributed by atoms with Gasteiger partial charge in [0.1, 0.15) is 5.69 Å². The van der Waals surface area contributed by atoms with Gasteiger partial charge in [0.15, 0.2) is 5.60 Å². The highest BCUT2D eigenvalue weighted by molar-refractivity contribution is 9.10. The number of nitrogens with one attached hydrogen (secondary N) is 1. The maximum Gasteiger partial charge on any atom is 0.339 e. The monoisotopic (exact) mass is 404 g/mol. The number of rotatable bonds is 3. The number of ether oxygens (including phenoxy) is 1. The minimum Gasteiger partial charge on any atom is -0.445 e. The van der Waals surface area contributed by atoms with Crippen molar-refractivity contribution in [2.75, 3.05) is 5.32 Å². The van der Waals surface area contributed by atoms with Crippen molar-refractivity contribution >= 4 is 39.2 Å². The van der Waals surface area contributed by atoms with Crippen LogP contribution in [0.25, 0.3) is 0 Å². The molecule has 2 aromatic carbocycles. The van der Waals surface area contributed by atoms with E-state index in [1.807, 2.05) is 0 Å². The lowest BCUT2D eigenvalue weighted by atomic mass is 9.89. The minimum atomic E-state index is -1.46. The van der Waals surface area contributed by atoms with Crippen molar-refractivity contribution < 1.29 is 19.2 Å². The van der Waals surface area contributed by atoms with Gasteiger partial charge in [-0.1, -0.05) is 28.1 Å². The number of hydrogen-bond acceptors (Lipinski definition) is 5. The fourth-order valence-corrected chi connectivity index (χ4v) is 3.09. The van der Waals surface area contributed by atoms with Gasteiger partial charge < -0.3 is 10.1 Å². The number of para-hydroxylation sites is 2. The number of halogens is 1. The summed E-state index contributed by atoms with van der Waals surface area (Å²) in [4.78, 5) is 35.4. The van der Waals surface area contributed by atoms with Crippen molar-refractivity contribution in [3.8, 4) is 0 Å². The smallest absolute Gasteiger partial charge is 0.339 e. The van der Waals surface area contributed by atoms with Crippen LogP contribution in [-0.2, 0) is 16.0 Å². The lowest BCUT2D eigenvalue weighted by molar-refractivity contribution is -0.383. The van der Waals surface area contributed by atoms with Crippen LogP contribution in [0.5, 0.6) is 0 Å². The average Bonchev–Trinajstić information content (AvgIpc) is 2.54. The highest BCUT2D eigenvalue weighted by atomic mass is 79.9. The molecule has 128 valence electrons. The van der Waals surface area contributed by atoms with E-state index in [9.17, 15) is 19.7 Å². The molecule has 0 saturated heterocycles. The molecule has 0 aromatic heterocycles. The third kappa shape index (κ3) is 3.25. The van der Waals surface area contributed by atoms with E-state index in [1.54, 1.807) is 24.3 Å². The average molecular weight is 405 g/mol. The first kappa shape index (κ1) is 17.1. The van der Waals surface area contributed by atoms with Crippen molar-refractivity contribution in [1.29, 1.82) is 0 Å². The van der Waals surface area contributed by atoms with E-state index >= 15 is 0 Å². The van der Waals surface area contributed by atoms with Crippen LogP contribution in [0.2, 0.25) is 0 Å². The Morgan fingerprint density at radius 3 is 2.76 bits per heavy atom. The number of carbonyl (C=O) groups excluding carboxylic acids is 2. The van der Waals surface area contributed by atoms with E-state index in [2.05, 4.69) is 21.2 Å². The zero-order chi connectivity index (χ0) is 18.2. The van der Waals surface area contributed by atoms with Gasteiger partial charge in [-0.05, 0) is 36.8 Å². The molecule has 25 heavy (non-hydrogen) atoms. The van der Waals surface area contributed by atoms with E-state index in [1.165, 1.54) is 25.1 Å². The number of esters is 1. The largest absolute Gasteiger partial charge is 0.445 e. The Morgan fingerprint density at radius 2 is 2.04 bits per heavy atom. The van der Waals surface area contributed by atoms with Crippen LogP contribution in [0.15, 0.2) is 46.9 Å². The highest BCUT2D eigenvalue weighted by Crippen LogP contribution is 2.32. The molecule has 1 aliphatic heterocycles. The Labute approximate surface area is 151 Å². The first-order chi connectivity index (χ1) is 11.8. The number of nitro groups is 1. The minimum absolute atomic E-state index is 0.0508. The number of cyclic esters (lactones) is 1. The van der Waals surface area contributed by atoms with Crippen molar-refractivity contribution in [2.45, 2.75) is 18.9 Å². The summed E-state index contributed by atoms with van der Waals surface area (Å²) in [6.45, 7) is 1.48. The topological polar surface area (TPSA) is 98.5 Å². The zero-order valence-corrected chi connectivity index (χ0v) is 14.7. The SMILES string of the molecule is CC1(C(=O)Nc2ccccc2[N+](=O)[O-])Cc2cc(Br)ccc2C(=O)O1. The van der Waals surface area contributed by atoms with E-state index < -0.39 is 22.4 Å². The van der Waals surface area contributed by atoms with Crippen LogP contribution in [0.4, 0.5) is 11.4 Å². The van der Waals surface area contributed by atoms with Gasteiger partial charge in [0.2, 0.25) is 0 Å². The highest BCUT2D eigenvalue weighted by Gasteiger charge is 2.43. The summed E-state index contributed by atoms with van der Waals surface area (Å²) in [5.41, 5.74) is -0.571. The standard InChI is InChI=1S/C17H13BrN2O5/c1-17(9-10-8-11(18)6-7-12(10)15(21)25-17)16(22)19-13-4-2-3-5-14(13)20(23)24/h2-8H,9H2,1H3,(H,19,22). The first-order valence-corrected chi connectivity index (χ1v) is 8.16. The van der Waals surface area contributed by atoms with Gasteiger partial charge in [-0.15, -0.1) is 0 Å². The molecule has 0 spiro atoms. The van der Waals surface area contributed by atoms with Crippen LogP contribution in [0, 0.1) is 10.1 Å². The molecular formula is C17H13BrN2O5. The quantitative estimate of drug-likeness (QED) is 0.479. The van der Waals surface area contributed by atoms with Crippen LogP contribution < -0.4 is 5.32 Å². The number of nitro benzene ring substituents is 1. The molecule has 1 aliphatic rings. The number of carbonyl (C=O) groups is 2. The molecule has 1 N–H and O–H groups in total. The Morgan fingerprint density at radius 1 is 1.32 bits per heavy atom. The normalized spacial score (nSPS) is 18.9. The van der Waals surface area contributed by atoms with Crippen LogP contribution >= 0.6 is 15.9 Å². The molecule has 1 atom stereocenters. The van der Waals surface area contributed by atoms with E-state index in [0.29, 0.717) is 11.1 Å². The van der Waals surface area contributed by atoms with Crippen molar-refractivity contribution in [3.05, 3.63) is 68.2 Å². The van der Waals surface area contributed by atoms with Gasteiger partial charge in [0, 0.05) is 17.0 Å². The van der Waals surface area contributed by atoms with Gasteiger partial charge in [0.25, 0.3) is 11.6 Å². The molecular weight excluding hydrogens is 392 g/mol. The van der Waals surface area contributed by atoms with E-state index in [0.717, 1.165) is 4.47 Å². The van der Waals surface area contributed by atoms with Crippen LogP contribution in [-0.4, -0.2) is 22.4 Å². The molecule has 3 rings (SSSR count). The number of hydrogen-bond donors (Lipinski definition) is 1. The zero-order valence-electron chi connectivity index (χ0n) is 13.1. The van der Waals surface area contributed by atoms with Gasteiger partial charge >= 0.3 is 5.97 Å². The Hall–Kier alpha value is -2.74. The van der Waals surface area contributed by atoms with Gasteiger partial charge in [-0.25, -0.2) is 4.79 Å². The third-order valence-electron chi connectivity index (χ3n) is 3.96. The third-order valence-corrected chi connectivity index (χ3v) is 4.46. The molecule has 8 heteroatoms. The van der Waals surface area contributed by atoms with Crippen molar-refractivity contribution in [2.24, 2.45) is 0 Å². The molecule has 1 heterocycles. The molecule has 0 radical (unpaired) electrons. The van der Waals surface area contributed by atoms with E-state index in [4.69, 9.17) is 4.74 Å².